The lowest BCUT2D eigenvalue weighted by atomic mass is 9.95. The molecule has 4 rings (SSSR count). The number of likely N-dealkylation sites (tertiary alicyclic amines) is 1. The smallest absolute Gasteiger partial charge is 0.229 e. The second kappa shape index (κ2) is 5.01. The summed E-state index contributed by atoms with van der Waals surface area (Å²) < 4.78 is 5.33. The Balaban J connectivity index is 1.40. The highest BCUT2D eigenvalue weighted by Crippen LogP contribution is 2.38. The van der Waals surface area contributed by atoms with Crippen molar-refractivity contribution in [1.29, 1.82) is 0 Å². The van der Waals surface area contributed by atoms with Gasteiger partial charge in [-0.2, -0.15) is 10.1 Å². The Hall–Kier alpha value is -1.69. The van der Waals surface area contributed by atoms with Crippen molar-refractivity contribution in [2.45, 2.75) is 44.1 Å². The molecule has 0 spiro atoms. The van der Waals surface area contributed by atoms with Crippen molar-refractivity contribution in [1.82, 2.24) is 25.2 Å². The molecule has 0 bridgehead atoms. The van der Waals surface area contributed by atoms with Gasteiger partial charge in [0, 0.05) is 30.3 Å². The highest BCUT2D eigenvalue weighted by atomic mass is 16.5. The fraction of sp³-hybridized carbons (Fsp3) is 0.643. The fourth-order valence-electron chi connectivity index (χ4n) is 2.97. The van der Waals surface area contributed by atoms with Gasteiger partial charge in [0.2, 0.25) is 5.89 Å². The van der Waals surface area contributed by atoms with Crippen molar-refractivity contribution in [3.63, 3.8) is 0 Å². The summed E-state index contributed by atoms with van der Waals surface area (Å²) >= 11 is 0. The Labute approximate surface area is 117 Å². The summed E-state index contributed by atoms with van der Waals surface area (Å²) in [6.07, 6.45) is 6.66. The Morgan fingerprint density at radius 3 is 3.05 bits per heavy atom. The number of aromatic amines is 1. The molecule has 0 radical (unpaired) electrons. The number of nitrogens with one attached hydrogen (secondary N) is 1. The third-order valence-corrected chi connectivity index (χ3v) is 4.24. The van der Waals surface area contributed by atoms with Crippen LogP contribution in [-0.4, -0.2) is 38.3 Å². The number of hydrogen-bond donors (Lipinski definition) is 1. The molecule has 1 aliphatic heterocycles. The molecule has 106 valence electrons. The molecule has 1 N–H and O–H groups in total. The molecule has 0 aromatic carbocycles. The first kappa shape index (κ1) is 12.1. The number of H-pyrrole nitrogens is 1. The summed E-state index contributed by atoms with van der Waals surface area (Å²) in [6.45, 7) is 2.94. The molecular formula is C14H19N5O. The van der Waals surface area contributed by atoms with Crippen LogP contribution >= 0.6 is 0 Å². The Kier molecular flexibility index (Phi) is 3.03. The van der Waals surface area contributed by atoms with Gasteiger partial charge < -0.3 is 4.52 Å². The van der Waals surface area contributed by atoms with E-state index in [1.807, 2.05) is 6.20 Å². The van der Waals surface area contributed by atoms with Crippen LogP contribution in [-0.2, 0) is 6.54 Å². The summed E-state index contributed by atoms with van der Waals surface area (Å²) in [6, 6.07) is 2.08. The van der Waals surface area contributed by atoms with Crippen LogP contribution in [0.3, 0.4) is 0 Å². The molecule has 2 fully saturated rings. The maximum atomic E-state index is 5.33. The van der Waals surface area contributed by atoms with E-state index in [9.17, 15) is 0 Å². The van der Waals surface area contributed by atoms with E-state index in [1.165, 1.54) is 31.4 Å². The summed E-state index contributed by atoms with van der Waals surface area (Å²) in [5, 5.41) is 11.3. The second-order valence-corrected chi connectivity index (χ2v) is 5.91. The van der Waals surface area contributed by atoms with Gasteiger partial charge in [0.25, 0.3) is 0 Å². The van der Waals surface area contributed by atoms with E-state index in [2.05, 4.69) is 31.3 Å². The van der Waals surface area contributed by atoms with Crippen LogP contribution in [0.1, 0.15) is 54.9 Å². The van der Waals surface area contributed by atoms with Gasteiger partial charge in [0.1, 0.15) is 0 Å². The lowest BCUT2D eigenvalue weighted by Crippen LogP contribution is -2.34. The first-order chi connectivity index (χ1) is 9.88. The summed E-state index contributed by atoms with van der Waals surface area (Å²) in [5.74, 6) is 2.75. The first-order valence-corrected chi connectivity index (χ1v) is 7.42. The minimum absolute atomic E-state index is 0.537. The molecule has 2 aromatic heterocycles. The number of piperidine rings is 1. The molecule has 6 nitrogen and oxygen atoms in total. The minimum Gasteiger partial charge on any atom is -0.339 e. The summed E-state index contributed by atoms with van der Waals surface area (Å²) in [7, 11) is 0. The van der Waals surface area contributed by atoms with Crippen molar-refractivity contribution >= 4 is 0 Å². The Morgan fingerprint density at radius 1 is 1.30 bits per heavy atom. The van der Waals surface area contributed by atoms with E-state index < -0.39 is 0 Å². The normalized spacial score (nSPS) is 24.1. The van der Waals surface area contributed by atoms with Gasteiger partial charge in [-0.3, -0.25) is 10.00 Å². The third kappa shape index (κ3) is 2.47. The largest absolute Gasteiger partial charge is 0.339 e. The van der Waals surface area contributed by atoms with Crippen LogP contribution in [0.5, 0.6) is 0 Å². The van der Waals surface area contributed by atoms with E-state index in [1.54, 1.807) is 0 Å². The van der Waals surface area contributed by atoms with Crippen molar-refractivity contribution in [2.24, 2.45) is 0 Å². The topological polar surface area (TPSA) is 70.8 Å². The molecule has 2 aromatic rings. The molecule has 20 heavy (non-hydrogen) atoms. The fourth-order valence-corrected chi connectivity index (χ4v) is 2.97. The van der Waals surface area contributed by atoms with E-state index in [4.69, 9.17) is 4.52 Å². The lowest BCUT2D eigenvalue weighted by molar-refractivity contribution is 0.192. The molecule has 2 aliphatic rings. The van der Waals surface area contributed by atoms with Crippen LogP contribution in [0.15, 0.2) is 16.8 Å². The van der Waals surface area contributed by atoms with Gasteiger partial charge in [-0.05, 0) is 38.3 Å². The molecule has 0 amide bonds. The van der Waals surface area contributed by atoms with E-state index >= 15 is 0 Å². The van der Waals surface area contributed by atoms with Gasteiger partial charge >= 0.3 is 0 Å². The summed E-state index contributed by atoms with van der Waals surface area (Å²) in [4.78, 5) is 6.93. The predicted molar refractivity (Wildman–Crippen MR) is 72.1 cm³/mol. The lowest BCUT2D eigenvalue weighted by Gasteiger charge is -2.31. The maximum absolute atomic E-state index is 5.33. The van der Waals surface area contributed by atoms with Crippen LogP contribution in [0.2, 0.25) is 0 Å². The number of rotatable bonds is 4. The highest BCUT2D eigenvalue weighted by molar-refractivity contribution is 5.08. The van der Waals surface area contributed by atoms with Gasteiger partial charge in [-0.15, -0.1) is 0 Å². The minimum atomic E-state index is 0.537. The van der Waals surface area contributed by atoms with Crippen LogP contribution < -0.4 is 0 Å². The van der Waals surface area contributed by atoms with E-state index in [-0.39, 0.29) is 0 Å². The first-order valence-electron chi connectivity index (χ1n) is 7.42. The quantitative estimate of drug-likeness (QED) is 0.923. The zero-order valence-corrected chi connectivity index (χ0v) is 11.5. The highest BCUT2D eigenvalue weighted by Gasteiger charge is 2.30. The SMILES string of the molecule is c1cc([C@H]2CCCN(Cc3noc(C4CC4)n3)C2)[nH]n1. The number of aromatic nitrogens is 4. The zero-order valence-electron chi connectivity index (χ0n) is 11.5. The molecule has 1 atom stereocenters. The van der Waals surface area contributed by atoms with Gasteiger partial charge in [0.05, 0.1) is 6.54 Å². The standard InChI is InChI=1S/C14H19N5O/c1-2-11(12-5-6-15-17-12)8-19(7-1)9-13-16-14(20-18-13)10-3-4-10/h5-6,10-11H,1-4,7-9H2,(H,15,17)/t11-/m0/s1. The average Bonchev–Trinajstić information content (AvgIpc) is 3.00. The molecule has 6 heteroatoms. The predicted octanol–water partition coefficient (Wildman–Crippen LogP) is 2.05. The number of nitrogens with zero attached hydrogens (tertiary/aromatic N) is 4. The monoisotopic (exact) mass is 273 g/mol. The zero-order chi connectivity index (χ0) is 13.4. The second-order valence-electron chi connectivity index (χ2n) is 5.91. The van der Waals surface area contributed by atoms with Gasteiger partial charge in [-0.1, -0.05) is 5.16 Å². The van der Waals surface area contributed by atoms with Gasteiger partial charge in [-0.25, -0.2) is 0 Å². The average molecular weight is 273 g/mol. The summed E-state index contributed by atoms with van der Waals surface area (Å²) in [5.41, 5.74) is 1.24. The van der Waals surface area contributed by atoms with Crippen molar-refractivity contribution < 1.29 is 4.52 Å². The molecule has 1 saturated heterocycles. The Bertz CT molecular complexity index is 560. The molecule has 1 aliphatic carbocycles. The van der Waals surface area contributed by atoms with Crippen LogP contribution in [0, 0.1) is 0 Å². The number of hydrogen-bond acceptors (Lipinski definition) is 5. The van der Waals surface area contributed by atoms with Gasteiger partial charge in [0.15, 0.2) is 5.82 Å². The Morgan fingerprint density at radius 2 is 2.25 bits per heavy atom. The molecule has 0 unspecified atom stereocenters. The van der Waals surface area contributed by atoms with Crippen LogP contribution in [0.4, 0.5) is 0 Å². The molecule has 3 heterocycles. The van der Waals surface area contributed by atoms with Crippen molar-refractivity contribution in [3.05, 3.63) is 29.7 Å². The van der Waals surface area contributed by atoms with Crippen LogP contribution in [0.25, 0.3) is 0 Å². The van der Waals surface area contributed by atoms with Crippen molar-refractivity contribution in [3.8, 4) is 0 Å². The van der Waals surface area contributed by atoms with Crippen molar-refractivity contribution in [2.75, 3.05) is 13.1 Å². The third-order valence-electron chi connectivity index (χ3n) is 4.24. The molecule has 1 saturated carbocycles. The maximum Gasteiger partial charge on any atom is 0.229 e. The van der Waals surface area contributed by atoms with E-state index in [0.717, 1.165) is 31.3 Å². The molecular weight excluding hydrogens is 254 g/mol. The van der Waals surface area contributed by atoms with E-state index in [0.29, 0.717) is 11.8 Å².